The lowest BCUT2D eigenvalue weighted by atomic mass is 9.73. The van der Waals surface area contributed by atoms with Crippen LogP contribution in [0.5, 0.6) is 0 Å². The third-order valence-electron chi connectivity index (χ3n) is 4.56. The van der Waals surface area contributed by atoms with Gasteiger partial charge in [-0.3, -0.25) is 4.79 Å². The number of ether oxygens (including phenoxy) is 3. The van der Waals surface area contributed by atoms with Crippen molar-refractivity contribution < 1.29 is 24.1 Å². The smallest absolute Gasteiger partial charge is 0.314 e. The maximum atomic E-state index is 12.3. The van der Waals surface area contributed by atoms with Gasteiger partial charge in [0, 0.05) is 5.57 Å². The molecule has 5 nitrogen and oxygen atoms in total. The lowest BCUT2D eigenvalue weighted by Gasteiger charge is -2.35. The summed E-state index contributed by atoms with van der Waals surface area (Å²) < 4.78 is 15.9. The molecule has 1 heterocycles. The van der Waals surface area contributed by atoms with Crippen molar-refractivity contribution in [2.45, 2.75) is 47.1 Å². The van der Waals surface area contributed by atoms with Crippen LogP contribution in [0.15, 0.2) is 35.0 Å². The fourth-order valence-corrected chi connectivity index (χ4v) is 3.25. The van der Waals surface area contributed by atoms with Gasteiger partial charge in [-0.2, -0.15) is 0 Å². The molecule has 1 unspecified atom stereocenters. The SMILES string of the molecule is CCOC(=O)C(C)(C)C(O)C1=C2C(=COC=C2OC)CC1(C)C. The van der Waals surface area contributed by atoms with E-state index in [4.69, 9.17) is 14.2 Å². The van der Waals surface area contributed by atoms with E-state index in [1.807, 2.05) is 13.8 Å². The van der Waals surface area contributed by atoms with E-state index >= 15 is 0 Å². The molecule has 0 saturated heterocycles. The van der Waals surface area contributed by atoms with Crippen LogP contribution in [0.25, 0.3) is 0 Å². The predicted octanol–water partition coefficient (Wildman–Crippen LogP) is 3.07. The molecular formula is C18H26O5. The highest BCUT2D eigenvalue weighted by molar-refractivity contribution is 5.78. The third kappa shape index (κ3) is 2.90. The van der Waals surface area contributed by atoms with E-state index in [1.165, 1.54) is 6.26 Å². The molecule has 2 rings (SSSR count). The summed E-state index contributed by atoms with van der Waals surface area (Å²) in [7, 11) is 1.57. The zero-order valence-corrected chi connectivity index (χ0v) is 14.7. The summed E-state index contributed by atoms with van der Waals surface area (Å²) in [5.74, 6) is 0.158. The van der Waals surface area contributed by atoms with Crippen molar-refractivity contribution in [3.63, 3.8) is 0 Å². The molecule has 1 aliphatic carbocycles. The first-order valence-corrected chi connectivity index (χ1v) is 7.86. The number of esters is 1. The lowest BCUT2D eigenvalue weighted by molar-refractivity contribution is -0.158. The summed E-state index contributed by atoms with van der Waals surface area (Å²) in [6.07, 6.45) is 2.93. The second-order valence-electron chi connectivity index (χ2n) is 7.16. The highest BCUT2D eigenvalue weighted by atomic mass is 16.5. The molecule has 0 aromatic carbocycles. The minimum Gasteiger partial charge on any atom is -0.493 e. The zero-order chi connectivity index (χ0) is 17.4. The Hall–Kier alpha value is -1.75. The molecular weight excluding hydrogens is 296 g/mol. The van der Waals surface area contributed by atoms with E-state index in [0.29, 0.717) is 12.2 Å². The van der Waals surface area contributed by atoms with Gasteiger partial charge in [-0.1, -0.05) is 13.8 Å². The first kappa shape index (κ1) is 17.6. The van der Waals surface area contributed by atoms with Gasteiger partial charge in [0.1, 0.15) is 6.26 Å². The number of rotatable bonds is 5. The van der Waals surface area contributed by atoms with Gasteiger partial charge in [0.25, 0.3) is 0 Å². The molecule has 1 aliphatic heterocycles. The van der Waals surface area contributed by atoms with Crippen molar-refractivity contribution >= 4 is 5.97 Å². The van der Waals surface area contributed by atoms with Gasteiger partial charge in [0.05, 0.1) is 31.5 Å². The van der Waals surface area contributed by atoms with Gasteiger partial charge in [-0.05, 0) is 43.8 Å². The molecule has 0 spiro atoms. The average Bonchev–Trinajstić information content (AvgIpc) is 2.76. The number of allylic oxidation sites excluding steroid dienone is 1. The predicted molar refractivity (Wildman–Crippen MR) is 86.1 cm³/mol. The Morgan fingerprint density at radius 1 is 1.43 bits per heavy atom. The fourth-order valence-electron chi connectivity index (χ4n) is 3.25. The number of hydrogen-bond donors (Lipinski definition) is 1. The number of methoxy groups -OCH3 is 1. The molecule has 0 bridgehead atoms. The summed E-state index contributed by atoms with van der Waals surface area (Å²) in [5.41, 5.74) is 1.24. The van der Waals surface area contributed by atoms with Crippen LogP contribution >= 0.6 is 0 Å². The van der Waals surface area contributed by atoms with Gasteiger partial charge >= 0.3 is 5.97 Å². The molecule has 0 saturated carbocycles. The minimum absolute atomic E-state index is 0.284. The fraction of sp³-hybridized carbons (Fsp3) is 0.611. The average molecular weight is 322 g/mol. The van der Waals surface area contributed by atoms with Crippen molar-refractivity contribution in [3.05, 3.63) is 35.0 Å². The quantitative estimate of drug-likeness (QED) is 0.788. The van der Waals surface area contributed by atoms with Crippen LogP contribution in [0.1, 0.15) is 41.0 Å². The lowest BCUT2D eigenvalue weighted by Crippen LogP contribution is -2.42. The highest BCUT2D eigenvalue weighted by Gasteiger charge is 2.49. The third-order valence-corrected chi connectivity index (χ3v) is 4.56. The maximum absolute atomic E-state index is 12.3. The molecule has 23 heavy (non-hydrogen) atoms. The van der Waals surface area contributed by atoms with Crippen LogP contribution in [0.2, 0.25) is 0 Å². The number of fused-ring (bicyclic) bond motifs is 1. The second-order valence-corrected chi connectivity index (χ2v) is 7.16. The number of aliphatic hydroxyl groups is 1. The van der Waals surface area contributed by atoms with Crippen LogP contribution in [0.4, 0.5) is 0 Å². The molecule has 0 amide bonds. The van der Waals surface area contributed by atoms with Crippen LogP contribution in [0.3, 0.4) is 0 Å². The zero-order valence-electron chi connectivity index (χ0n) is 14.7. The van der Waals surface area contributed by atoms with Crippen molar-refractivity contribution in [2.24, 2.45) is 10.8 Å². The van der Waals surface area contributed by atoms with E-state index in [0.717, 1.165) is 16.7 Å². The summed E-state index contributed by atoms with van der Waals surface area (Å²) in [4.78, 5) is 12.3. The van der Waals surface area contributed by atoms with Crippen molar-refractivity contribution in [1.82, 2.24) is 0 Å². The molecule has 5 heteroatoms. The highest BCUT2D eigenvalue weighted by Crippen LogP contribution is 2.53. The van der Waals surface area contributed by atoms with Gasteiger partial charge in [0.15, 0.2) is 5.76 Å². The van der Waals surface area contributed by atoms with Gasteiger partial charge in [0.2, 0.25) is 0 Å². The summed E-state index contributed by atoms with van der Waals surface area (Å²) >= 11 is 0. The largest absolute Gasteiger partial charge is 0.493 e. The summed E-state index contributed by atoms with van der Waals surface area (Å²) in [6, 6.07) is 0. The van der Waals surface area contributed by atoms with Crippen molar-refractivity contribution in [1.29, 1.82) is 0 Å². The van der Waals surface area contributed by atoms with Crippen LogP contribution in [-0.2, 0) is 19.0 Å². The van der Waals surface area contributed by atoms with E-state index in [2.05, 4.69) is 0 Å². The Bertz CT molecular complexity index is 593. The molecule has 0 aromatic heterocycles. The van der Waals surface area contributed by atoms with E-state index in [9.17, 15) is 9.90 Å². The Morgan fingerprint density at radius 2 is 2.09 bits per heavy atom. The monoisotopic (exact) mass is 322 g/mol. The molecule has 1 atom stereocenters. The number of hydrogen-bond acceptors (Lipinski definition) is 5. The molecule has 2 aliphatic rings. The van der Waals surface area contributed by atoms with Crippen LogP contribution < -0.4 is 0 Å². The van der Waals surface area contributed by atoms with Crippen LogP contribution in [-0.4, -0.2) is 30.9 Å². The normalized spacial score (nSPS) is 21.0. The van der Waals surface area contributed by atoms with Gasteiger partial charge < -0.3 is 19.3 Å². The Balaban J connectivity index is 2.53. The van der Waals surface area contributed by atoms with E-state index in [1.54, 1.807) is 34.1 Å². The van der Waals surface area contributed by atoms with Crippen molar-refractivity contribution in [3.8, 4) is 0 Å². The number of aliphatic hydroxyl groups excluding tert-OH is 1. The molecule has 128 valence electrons. The minimum atomic E-state index is -1.05. The molecule has 0 radical (unpaired) electrons. The maximum Gasteiger partial charge on any atom is 0.314 e. The van der Waals surface area contributed by atoms with E-state index < -0.39 is 17.5 Å². The van der Waals surface area contributed by atoms with Crippen molar-refractivity contribution in [2.75, 3.05) is 13.7 Å². The van der Waals surface area contributed by atoms with Gasteiger partial charge in [-0.15, -0.1) is 0 Å². The van der Waals surface area contributed by atoms with Gasteiger partial charge in [-0.25, -0.2) is 0 Å². The Labute approximate surface area is 137 Å². The number of carbonyl (C=O) groups excluding carboxylic acids is 1. The summed E-state index contributed by atoms with van der Waals surface area (Å²) in [5, 5.41) is 11.1. The molecule has 0 aromatic rings. The number of carbonyl (C=O) groups is 1. The summed E-state index contributed by atoms with van der Waals surface area (Å²) in [6.45, 7) is 9.55. The second kappa shape index (κ2) is 6.04. The van der Waals surface area contributed by atoms with Crippen LogP contribution in [0, 0.1) is 10.8 Å². The standard InChI is InChI=1S/C18H26O5/c1-7-23-16(20)18(4,5)15(19)14-13-11(8-17(14,2)3)9-22-10-12(13)21-6/h9-10,15,19H,7-8H2,1-6H3. The molecule has 0 fully saturated rings. The van der Waals surface area contributed by atoms with E-state index in [-0.39, 0.29) is 12.0 Å². The Morgan fingerprint density at radius 3 is 2.65 bits per heavy atom. The molecule has 1 N–H and O–H groups in total. The first-order valence-electron chi connectivity index (χ1n) is 7.86. The topological polar surface area (TPSA) is 65.0 Å². The Kier molecular flexibility index (Phi) is 4.62. The first-order chi connectivity index (χ1) is 10.7.